The van der Waals surface area contributed by atoms with Crippen molar-refractivity contribution in [3.63, 3.8) is 0 Å². The van der Waals surface area contributed by atoms with E-state index in [1.54, 1.807) is 6.20 Å². The van der Waals surface area contributed by atoms with Crippen LogP contribution in [-0.2, 0) is 4.79 Å². The molecule has 0 amide bonds. The summed E-state index contributed by atoms with van der Waals surface area (Å²) in [7, 11) is 0. The number of rotatable bonds is 0. The number of carbonyl (C=O) groups is 1. The van der Waals surface area contributed by atoms with Gasteiger partial charge in [0.2, 0.25) is 0 Å². The smallest absolute Gasteiger partial charge is 0.475 e. The normalized spacial score (nSPS) is 11.0. The standard InChI is InChI=1S/C12H8N2.C2HF3O2/c1-2-7-11-9(4-1)5-3-6-10-8-13-14-12(10)11;3-2(4,5)1(6)7/h1-8H;(H,6,7). The Kier molecular flexibility index (Phi) is 4.02. The lowest BCUT2D eigenvalue weighted by atomic mass is 10.1. The Labute approximate surface area is 117 Å². The molecule has 1 heterocycles. The Morgan fingerprint density at radius 3 is 2.33 bits per heavy atom. The lowest BCUT2D eigenvalue weighted by Crippen LogP contribution is -2.21. The predicted molar refractivity (Wildman–Crippen MR) is 69.9 cm³/mol. The molecule has 7 heteroatoms. The van der Waals surface area contributed by atoms with E-state index in [0.717, 1.165) is 16.6 Å². The fourth-order valence-electron chi connectivity index (χ4n) is 1.71. The second-order valence-corrected chi connectivity index (χ2v) is 4.06. The van der Waals surface area contributed by atoms with Gasteiger partial charge in [0.15, 0.2) is 0 Å². The maximum atomic E-state index is 10.6. The fourth-order valence-corrected chi connectivity index (χ4v) is 1.71. The van der Waals surface area contributed by atoms with Crippen molar-refractivity contribution in [2.24, 2.45) is 0 Å². The molecule has 0 radical (unpaired) electrons. The number of alkyl halides is 3. The average molecular weight is 294 g/mol. The summed E-state index contributed by atoms with van der Waals surface area (Å²) in [5, 5.41) is 17.5. The van der Waals surface area contributed by atoms with Crippen molar-refractivity contribution < 1.29 is 23.1 Å². The number of halogens is 3. The molecule has 1 N–H and O–H groups in total. The van der Waals surface area contributed by atoms with Gasteiger partial charge in [0.05, 0.1) is 6.20 Å². The highest BCUT2D eigenvalue weighted by Gasteiger charge is 2.38. The van der Waals surface area contributed by atoms with Gasteiger partial charge in [-0.25, -0.2) is 4.79 Å². The summed E-state index contributed by atoms with van der Waals surface area (Å²) in [5.74, 6) is -2.76. The number of aliphatic carboxylic acids is 1. The van der Waals surface area contributed by atoms with E-state index in [9.17, 15) is 13.2 Å². The first-order valence-electron chi connectivity index (χ1n) is 5.79. The molecule has 2 aliphatic rings. The molecule has 0 fully saturated rings. The largest absolute Gasteiger partial charge is 0.490 e. The van der Waals surface area contributed by atoms with E-state index in [1.807, 2.05) is 24.3 Å². The molecule has 0 spiro atoms. The lowest BCUT2D eigenvalue weighted by Gasteiger charge is -1.93. The van der Waals surface area contributed by atoms with Crippen LogP contribution in [0.5, 0.6) is 0 Å². The topological polar surface area (TPSA) is 63.1 Å². The van der Waals surface area contributed by atoms with Crippen molar-refractivity contribution in [1.29, 1.82) is 0 Å². The summed E-state index contributed by atoms with van der Waals surface area (Å²) >= 11 is 0. The quantitative estimate of drug-likeness (QED) is 0.690. The minimum absolute atomic E-state index is 0.977. The van der Waals surface area contributed by atoms with Crippen LogP contribution in [0.4, 0.5) is 13.2 Å². The summed E-state index contributed by atoms with van der Waals surface area (Å²) in [5.41, 5.74) is 2.07. The van der Waals surface area contributed by atoms with Crippen molar-refractivity contribution in [2.45, 2.75) is 6.18 Å². The lowest BCUT2D eigenvalue weighted by molar-refractivity contribution is -0.192. The zero-order chi connectivity index (χ0) is 15.5. The molecular weight excluding hydrogens is 285 g/mol. The number of hydrogen-bond acceptors (Lipinski definition) is 3. The van der Waals surface area contributed by atoms with Gasteiger partial charge in [0.1, 0.15) is 5.69 Å². The minimum atomic E-state index is -5.08. The van der Waals surface area contributed by atoms with E-state index < -0.39 is 12.1 Å². The number of aromatic nitrogens is 2. The van der Waals surface area contributed by atoms with Crippen LogP contribution in [0.1, 0.15) is 0 Å². The van der Waals surface area contributed by atoms with E-state index in [0.29, 0.717) is 0 Å². The number of carboxylic acid groups (broad SMARTS) is 1. The van der Waals surface area contributed by atoms with Crippen molar-refractivity contribution in [1.82, 2.24) is 10.2 Å². The molecule has 0 bridgehead atoms. The maximum Gasteiger partial charge on any atom is 0.490 e. The van der Waals surface area contributed by atoms with Gasteiger partial charge in [-0.3, -0.25) is 0 Å². The molecule has 0 unspecified atom stereocenters. The highest BCUT2D eigenvalue weighted by molar-refractivity contribution is 5.94. The third-order valence-electron chi connectivity index (χ3n) is 2.64. The average Bonchev–Trinajstić information content (AvgIpc) is 2.81. The third-order valence-corrected chi connectivity index (χ3v) is 2.64. The van der Waals surface area contributed by atoms with Gasteiger partial charge in [-0.1, -0.05) is 42.5 Å². The van der Waals surface area contributed by atoms with Crippen molar-refractivity contribution in [3.8, 4) is 11.3 Å². The molecule has 108 valence electrons. The van der Waals surface area contributed by atoms with E-state index in [1.165, 1.54) is 5.39 Å². The first-order chi connectivity index (χ1) is 9.89. The molecule has 4 nitrogen and oxygen atoms in total. The van der Waals surface area contributed by atoms with Gasteiger partial charge in [-0.05, 0) is 5.39 Å². The summed E-state index contributed by atoms with van der Waals surface area (Å²) in [6.07, 6.45) is -3.29. The number of hydrogen-bond donors (Lipinski definition) is 1. The SMILES string of the molecule is O=C(O)C(F)(F)F.c1ccc2c3nncc-3cccc2c1. The van der Waals surface area contributed by atoms with E-state index in [2.05, 4.69) is 28.4 Å². The molecule has 1 aliphatic carbocycles. The monoisotopic (exact) mass is 294 g/mol. The molecule has 0 saturated heterocycles. The van der Waals surface area contributed by atoms with Crippen LogP contribution in [0.3, 0.4) is 0 Å². The van der Waals surface area contributed by atoms with Gasteiger partial charge in [-0.15, -0.1) is 5.10 Å². The molecule has 0 atom stereocenters. The Hall–Kier alpha value is -2.70. The van der Waals surface area contributed by atoms with Crippen LogP contribution in [0, 0.1) is 0 Å². The van der Waals surface area contributed by atoms with Gasteiger partial charge < -0.3 is 5.11 Å². The van der Waals surface area contributed by atoms with Crippen LogP contribution >= 0.6 is 0 Å². The van der Waals surface area contributed by atoms with Crippen LogP contribution in [0.15, 0.2) is 48.7 Å². The Morgan fingerprint density at radius 1 is 1.05 bits per heavy atom. The van der Waals surface area contributed by atoms with E-state index in [-0.39, 0.29) is 0 Å². The number of carboxylic acids is 1. The number of nitrogens with zero attached hydrogens (tertiary/aromatic N) is 2. The van der Waals surface area contributed by atoms with Crippen molar-refractivity contribution in [2.75, 3.05) is 0 Å². The summed E-state index contributed by atoms with van der Waals surface area (Å²) in [4.78, 5) is 8.90. The second kappa shape index (κ2) is 5.74. The predicted octanol–water partition coefficient (Wildman–Crippen LogP) is 3.37. The van der Waals surface area contributed by atoms with Crippen molar-refractivity contribution >= 4 is 16.7 Å². The molecule has 21 heavy (non-hydrogen) atoms. The molecule has 3 rings (SSSR count). The van der Waals surface area contributed by atoms with Gasteiger partial charge in [0, 0.05) is 10.9 Å². The molecular formula is C14H9F3N2O2. The first-order valence-corrected chi connectivity index (χ1v) is 5.79. The maximum absolute atomic E-state index is 10.6. The van der Waals surface area contributed by atoms with Crippen LogP contribution in [0.2, 0.25) is 0 Å². The zero-order valence-corrected chi connectivity index (χ0v) is 10.5. The van der Waals surface area contributed by atoms with Crippen LogP contribution in [-0.4, -0.2) is 27.4 Å². The van der Waals surface area contributed by atoms with Crippen molar-refractivity contribution in [3.05, 3.63) is 48.7 Å². The summed E-state index contributed by atoms with van der Waals surface area (Å²) < 4.78 is 31.7. The second-order valence-electron chi connectivity index (χ2n) is 4.06. The summed E-state index contributed by atoms with van der Waals surface area (Å²) in [6.45, 7) is 0. The highest BCUT2D eigenvalue weighted by atomic mass is 19.4. The first kappa shape index (κ1) is 14.7. The minimum Gasteiger partial charge on any atom is -0.475 e. The van der Waals surface area contributed by atoms with Gasteiger partial charge in [0.25, 0.3) is 0 Å². The van der Waals surface area contributed by atoms with Crippen LogP contribution < -0.4 is 0 Å². The van der Waals surface area contributed by atoms with E-state index in [4.69, 9.17) is 9.90 Å². The molecule has 1 aliphatic heterocycles. The summed E-state index contributed by atoms with van der Waals surface area (Å²) in [6, 6.07) is 14.4. The van der Waals surface area contributed by atoms with E-state index >= 15 is 0 Å². The molecule has 1 aromatic rings. The molecule has 0 saturated carbocycles. The highest BCUT2D eigenvalue weighted by Crippen LogP contribution is 2.26. The molecule has 1 aromatic carbocycles. The van der Waals surface area contributed by atoms with Gasteiger partial charge in [-0.2, -0.15) is 18.3 Å². The Morgan fingerprint density at radius 2 is 1.67 bits per heavy atom. The molecule has 0 aromatic heterocycles. The van der Waals surface area contributed by atoms with Gasteiger partial charge >= 0.3 is 12.1 Å². The fraction of sp³-hybridized carbons (Fsp3) is 0.0714. The zero-order valence-electron chi connectivity index (χ0n) is 10.5. The van der Waals surface area contributed by atoms with Crippen LogP contribution in [0.25, 0.3) is 22.0 Å². The third kappa shape index (κ3) is 3.44. The number of benzene rings is 1. The Balaban J connectivity index is 0.000000199. The Bertz CT molecular complexity index is 744. The number of fused-ring (bicyclic) bond motifs is 3.